The molecule has 3 aromatic rings. The molecular formula is C22H16Br2. The van der Waals surface area contributed by atoms with Crippen LogP contribution in [0.25, 0.3) is 22.3 Å². The highest BCUT2D eigenvalue weighted by Crippen LogP contribution is 2.33. The summed E-state index contributed by atoms with van der Waals surface area (Å²) in [5.41, 5.74) is 4.71. The minimum atomic E-state index is 1.03. The lowest BCUT2D eigenvalue weighted by molar-refractivity contribution is 1.57. The Morgan fingerprint density at radius 2 is 0.750 bits per heavy atom. The van der Waals surface area contributed by atoms with Gasteiger partial charge in [0.15, 0.2) is 0 Å². The third-order valence-corrected chi connectivity index (χ3v) is 4.63. The third-order valence-electron chi connectivity index (χ3n) is 3.65. The molecule has 0 saturated heterocycles. The van der Waals surface area contributed by atoms with Gasteiger partial charge in [0.1, 0.15) is 0 Å². The smallest absolute Gasteiger partial charge is 0.0181 e. The molecule has 0 saturated carbocycles. The summed E-state index contributed by atoms with van der Waals surface area (Å²) in [5.74, 6) is 0. The Labute approximate surface area is 159 Å². The normalized spacial score (nSPS) is 10.1. The minimum absolute atomic E-state index is 1.03. The zero-order valence-corrected chi connectivity index (χ0v) is 16.2. The molecule has 0 radical (unpaired) electrons. The van der Waals surface area contributed by atoms with Gasteiger partial charge in [0.2, 0.25) is 0 Å². The first-order chi connectivity index (χ1) is 11.7. The van der Waals surface area contributed by atoms with Crippen LogP contribution >= 0.6 is 31.9 Å². The Bertz CT molecular complexity index is 796. The van der Waals surface area contributed by atoms with Crippen molar-refractivity contribution in [1.82, 2.24) is 0 Å². The summed E-state index contributed by atoms with van der Waals surface area (Å²) in [6.45, 7) is 0. The summed E-state index contributed by atoms with van der Waals surface area (Å²) in [6, 6.07) is 33.4. The van der Waals surface area contributed by atoms with Crippen molar-refractivity contribution in [1.29, 1.82) is 0 Å². The molecule has 3 rings (SSSR count). The quantitative estimate of drug-likeness (QED) is 0.384. The van der Waals surface area contributed by atoms with E-state index in [-0.39, 0.29) is 0 Å². The molecule has 118 valence electrons. The van der Waals surface area contributed by atoms with E-state index < -0.39 is 0 Å². The van der Waals surface area contributed by atoms with E-state index >= 15 is 0 Å². The molecule has 0 N–H and O–H groups in total. The van der Waals surface area contributed by atoms with Crippen molar-refractivity contribution < 1.29 is 0 Å². The van der Waals surface area contributed by atoms with E-state index in [1.807, 2.05) is 36.4 Å². The van der Waals surface area contributed by atoms with Gasteiger partial charge >= 0.3 is 0 Å². The van der Waals surface area contributed by atoms with Crippen molar-refractivity contribution in [3.05, 3.63) is 106 Å². The second-order valence-electron chi connectivity index (χ2n) is 5.34. The van der Waals surface area contributed by atoms with Gasteiger partial charge in [-0.05, 0) is 46.5 Å². The van der Waals surface area contributed by atoms with Crippen LogP contribution in [0.15, 0.2) is 106 Å². The van der Waals surface area contributed by atoms with Crippen LogP contribution in [-0.4, -0.2) is 0 Å². The first kappa shape index (κ1) is 16.9. The van der Waals surface area contributed by atoms with Crippen LogP contribution in [0.1, 0.15) is 0 Å². The van der Waals surface area contributed by atoms with Gasteiger partial charge in [0.05, 0.1) is 0 Å². The van der Waals surface area contributed by atoms with Crippen LogP contribution in [0.2, 0.25) is 0 Å². The molecule has 3 aromatic carbocycles. The van der Waals surface area contributed by atoms with E-state index in [1.165, 1.54) is 22.3 Å². The van der Waals surface area contributed by atoms with E-state index in [0.717, 1.165) is 8.95 Å². The largest absolute Gasteiger partial charge is 0.0622 e. The highest BCUT2D eigenvalue weighted by Gasteiger charge is 2.06. The molecule has 0 spiro atoms. The lowest BCUT2D eigenvalue weighted by Gasteiger charge is -2.09. The summed E-state index contributed by atoms with van der Waals surface area (Å²) in [7, 11) is 0. The van der Waals surface area contributed by atoms with Gasteiger partial charge in [-0.1, -0.05) is 105 Å². The maximum absolute atomic E-state index is 3.66. The maximum atomic E-state index is 3.66. The number of halogens is 2. The lowest BCUT2D eigenvalue weighted by Crippen LogP contribution is -1.83. The number of benzene rings is 2. The predicted molar refractivity (Wildman–Crippen MR) is 110 cm³/mol. The van der Waals surface area contributed by atoms with Gasteiger partial charge in [-0.25, -0.2) is 0 Å². The highest BCUT2D eigenvalue weighted by atomic mass is 79.9. The standard InChI is InChI=1S/C22H16Br2/c23-19-13-7-8-14-20(24)16-22(18-11-5-2-6-12-18)21(15-19)17-9-3-1-4-10-17/h1-16H. The molecule has 0 atom stereocenters. The van der Waals surface area contributed by atoms with Crippen molar-refractivity contribution in [3.8, 4) is 22.3 Å². The Balaban J connectivity index is 2.41. The predicted octanol–water partition coefficient (Wildman–Crippen LogP) is 7.67. The van der Waals surface area contributed by atoms with Gasteiger partial charge in [-0.15, -0.1) is 0 Å². The average molecular weight is 440 g/mol. The first-order valence-corrected chi connectivity index (χ1v) is 9.27. The second-order valence-corrected chi connectivity index (χ2v) is 7.17. The van der Waals surface area contributed by atoms with Crippen LogP contribution in [0.3, 0.4) is 0 Å². The van der Waals surface area contributed by atoms with E-state index in [2.05, 4.69) is 92.5 Å². The van der Waals surface area contributed by atoms with Crippen LogP contribution in [-0.2, 0) is 0 Å². The van der Waals surface area contributed by atoms with Crippen LogP contribution in [0, 0.1) is 0 Å². The summed E-state index contributed by atoms with van der Waals surface area (Å²) in [6.07, 6.45) is 0. The summed E-state index contributed by atoms with van der Waals surface area (Å²) in [5, 5.41) is 0. The molecule has 0 fully saturated rings. The molecule has 0 aliphatic rings. The topological polar surface area (TPSA) is 0 Å². The van der Waals surface area contributed by atoms with E-state index in [4.69, 9.17) is 0 Å². The molecule has 0 aliphatic carbocycles. The molecule has 0 nitrogen and oxygen atoms in total. The Hall–Kier alpha value is -1.90. The van der Waals surface area contributed by atoms with Crippen molar-refractivity contribution >= 4 is 31.9 Å². The monoisotopic (exact) mass is 438 g/mol. The summed E-state index contributed by atoms with van der Waals surface area (Å²) in [4.78, 5) is 0. The highest BCUT2D eigenvalue weighted by molar-refractivity contribution is 9.10. The maximum Gasteiger partial charge on any atom is 0.0181 e. The van der Waals surface area contributed by atoms with Gasteiger partial charge in [-0.2, -0.15) is 0 Å². The first-order valence-electron chi connectivity index (χ1n) is 7.68. The zero-order valence-electron chi connectivity index (χ0n) is 13.0. The van der Waals surface area contributed by atoms with Gasteiger partial charge < -0.3 is 0 Å². The Morgan fingerprint density at radius 1 is 0.417 bits per heavy atom. The number of hydrogen-bond donors (Lipinski definition) is 0. The fourth-order valence-corrected chi connectivity index (χ4v) is 3.30. The SMILES string of the molecule is Brc1ccccc(Br)cc(-c2ccccc2)c(-c2ccccc2)c1. The van der Waals surface area contributed by atoms with Crippen molar-refractivity contribution in [2.24, 2.45) is 0 Å². The molecule has 0 heterocycles. The minimum Gasteiger partial charge on any atom is -0.0622 e. The Kier molecular flexibility index (Phi) is 5.84. The van der Waals surface area contributed by atoms with Gasteiger partial charge in [-0.3, -0.25) is 0 Å². The molecule has 0 aromatic heterocycles. The average Bonchev–Trinajstić information content (AvgIpc) is 2.63. The van der Waals surface area contributed by atoms with E-state index in [9.17, 15) is 0 Å². The van der Waals surface area contributed by atoms with Crippen molar-refractivity contribution in [2.45, 2.75) is 0 Å². The lowest BCUT2D eigenvalue weighted by atomic mass is 9.96. The Morgan fingerprint density at radius 3 is 1.12 bits per heavy atom. The van der Waals surface area contributed by atoms with Crippen molar-refractivity contribution in [3.63, 3.8) is 0 Å². The van der Waals surface area contributed by atoms with Crippen LogP contribution in [0.5, 0.6) is 0 Å². The molecule has 0 bridgehead atoms. The fraction of sp³-hybridized carbons (Fsp3) is 0. The van der Waals surface area contributed by atoms with E-state index in [1.54, 1.807) is 0 Å². The third kappa shape index (κ3) is 4.34. The summed E-state index contributed by atoms with van der Waals surface area (Å²) >= 11 is 7.32. The molecule has 0 aliphatic heterocycles. The van der Waals surface area contributed by atoms with Crippen molar-refractivity contribution in [2.75, 3.05) is 0 Å². The van der Waals surface area contributed by atoms with Gasteiger partial charge in [0.25, 0.3) is 0 Å². The second kappa shape index (κ2) is 8.27. The summed E-state index contributed by atoms with van der Waals surface area (Å²) < 4.78 is 2.07. The molecule has 24 heavy (non-hydrogen) atoms. The fourth-order valence-electron chi connectivity index (χ4n) is 2.54. The van der Waals surface area contributed by atoms with Crippen LogP contribution < -0.4 is 0 Å². The number of rotatable bonds is 2. The number of hydrogen-bond acceptors (Lipinski definition) is 0. The molecule has 0 unspecified atom stereocenters. The zero-order chi connectivity index (χ0) is 16.8. The van der Waals surface area contributed by atoms with Crippen LogP contribution in [0.4, 0.5) is 0 Å². The molecular weight excluding hydrogens is 424 g/mol. The van der Waals surface area contributed by atoms with E-state index in [0.29, 0.717) is 0 Å². The molecule has 2 heteroatoms. The van der Waals surface area contributed by atoms with Gasteiger partial charge in [0, 0.05) is 8.95 Å². The molecule has 0 amide bonds.